The first-order valence-corrected chi connectivity index (χ1v) is 8.41. The number of amides is 1. The first-order chi connectivity index (χ1) is 11.6. The molecule has 0 bridgehead atoms. The van der Waals surface area contributed by atoms with Crippen molar-refractivity contribution in [2.75, 3.05) is 5.32 Å². The number of hydrogen-bond donors (Lipinski definition) is 1. The molecule has 1 amide bonds. The Balaban J connectivity index is 1.73. The van der Waals surface area contributed by atoms with Crippen LogP contribution in [0.1, 0.15) is 35.9 Å². The van der Waals surface area contributed by atoms with E-state index in [2.05, 4.69) is 27.7 Å². The number of carbonyl (C=O) groups is 1. The highest BCUT2D eigenvalue weighted by atomic mass is 16.1. The summed E-state index contributed by atoms with van der Waals surface area (Å²) in [6.45, 7) is 6.13. The molecule has 0 saturated carbocycles. The van der Waals surface area contributed by atoms with E-state index in [0.717, 1.165) is 34.7 Å². The number of anilines is 1. The predicted octanol–water partition coefficient (Wildman–Crippen LogP) is 4.08. The molecule has 0 aliphatic rings. The predicted molar refractivity (Wildman–Crippen MR) is 97.4 cm³/mol. The highest BCUT2D eigenvalue weighted by Crippen LogP contribution is 2.21. The number of rotatable bonds is 5. The summed E-state index contributed by atoms with van der Waals surface area (Å²) in [4.78, 5) is 17.0. The smallest absolute Gasteiger partial charge is 0.224 e. The maximum absolute atomic E-state index is 12.4. The van der Waals surface area contributed by atoms with Crippen LogP contribution in [0.3, 0.4) is 0 Å². The van der Waals surface area contributed by atoms with Crippen molar-refractivity contribution in [2.45, 2.75) is 40.0 Å². The topological polar surface area (TPSA) is 46.4 Å². The van der Waals surface area contributed by atoms with Gasteiger partial charge in [-0.1, -0.05) is 31.2 Å². The van der Waals surface area contributed by atoms with Crippen LogP contribution in [-0.4, -0.2) is 15.3 Å². The standard InChI is InChI=1S/C20H23N3O/c1-4-16-9-7-8-14(2)20(16)22-19(24)12-11-17-15(3)21-18-10-5-6-13-23(17)18/h5-10,13H,4,11-12H2,1-3H3,(H,22,24). The number of hydrogen-bond acceptors (Lipinski definition) is 2. The summed E-state index contributed by atoms with van der Waals surface area (Å²) in [5.41, 5.74) is 6.25. The number of fused-ring (bicyclic) bond motifs is 1. The van der Waals surface area contributed by atoms with Crippen LogP contribution < -0.4 is 5.32 Å². The lowest BCUT2D eigenvalue weighted by molar-refractivity contribution is -0.116. The third kappa shape index (κ3) is 3.18. The number of imidazole rings is 1. The Kier molecular flexibility index (Phi) is 4.65. The van der Waals surface area contributed by atoms with Gasteiger partial charge in [-0.05, 0) is 49.9 Å². The highest BCUT2D eigenvalue weighted by Gasteiger charge is 2.12. The number of para-hydroxylation sites is 1. The maximum atomic E-state index is 12.4. The van der Waals surface area contributed by atoms with E-state index in [1.807, 2.05) is 50.4 Å². The van der Waals surface area contributed by atoms with Crippen LogP contribution in [0.4, 0.5) is 5.69 Å². The van der Waals surface area contributed by atoms with E-state index in [4.69, 9.17) is 0 Å². The summed E-state index contributed by atoms with van der Waals surface area (Å²) < 4.78 is 2.06. The van der Waals surface area contributed by atoms with Crippen molar-refractivity contribution >= 4 is 17.2 Å². The van der Waals surface area contributed by atoms with Crippen LogP contribution in [0.5, 0.6) is 0 Å². The fourth-order valence-corrected chi connectivity index (χ4v) is 3.10. The monoisotopic (exact) mass is 321 g/mol. The number of carbonyl (C=O) groups excluding carboxylic acids is 1. The minimum absolute atomic E-state index is 0.0456. The molecule has 1 aromatic carbocycles. The molecule has 0 atom stereocenters. The average molecular weight is 321 g/mol. The Morgan fingerprint density at radius 1 is 1.17 bits per heavy atom. The van der Waals surface area contributed by atoms with E-state index in [1.165, 1.54) is 5.56 Å². The summed E-state index contributed by atoms with van der Waals surface area (Å²) in [6.07, 6.45) is 4.03. The molecular weight excluding hydrogens is 298 g/mol. The molecule has 0 aliphatic heterocycles. The van der Waals surface area contributed by atoms with Crippen molar-refractivity contribution in [3.8, 4) is 0 Å². The van der Waals surface area contributed by atoms with Gasteiger partial charge in [0.1, 0.15) is 5.65 Å². The largest absolute Gasteiger partial charge is 0.326 e. The van der Waals surface area contributed by atoms with Crippen molar-refractivity contribution < 1.29 is 4.79 Å². The van der Waals surface area contributed by atoms with Crippen LogP contribution in [0.2, 0.25) is 0 Å². The second kappa shape index (κ2) is 6.87. The van der Waals surface area contributed by atoms with Crippen LogP contribution in [0.25, 0.3) is 5.65 Å². The third-order valence-electron chi connectivity index (χ3n) is 4.42. The molecule has 124 valence electrons. The normalized spacial score (nSPS) is 11.0. The molecule has 0 saturated heterocycles. The molecule has 4 nitrogen and oxygen atoms in total. The van der Waals surface area contributed by atoms with Gasteiger partial charge in [0.05, 0.1) is 5.69 Å². The van der Waals surface area contributed by atoms with Crippen molar-refractivity contribution in [1.29, 1.82) is 0 Å². The van der Waals surface area contributed by atoms with E-state index < -0.39 is 0 Å². The molecule has 1 N–H and O–H groups in total. The molecule has 2 aromatic heterocycles. The molecule has 0 unspecified atom stereocenters. The minimum Gasteiger partial charge on any atom is -0.326 e. The number of aryl methyl sites for hydroxylation is 4. The van der Waals surface area contributed by atoms with Gasteiger partial charge in [-0.2, -0.15) is 0 Å². The molecular formula is C20H23N3O. The maximum Gasteiger partial charge on any atom is 0.224 e. The second-order valence-electron chi connectivity index (χ2n) is 6.08. The molecule has 4 heteroatoms. The molecule has 3 rings (SSSR count). The van der Waals surface area contributed by atoms with Gasteiger partial charge < -0.3 is 9.72 Å². The molecule has 0 fully saturated rings. The van der Waals surface area contributed by atoms with Crippen molar-refractivity contribution in [3.05, 3.63) is 65.1 Å². The number of benzene rings is 1. The zero-order valence-corrected chi connectivity index (χ0v) is 14.5. The lowest BCUT2D eigenvalue weighted by Crippen LogP contribution is -2.15. The Morgan fingerprint density at radius 2 is 2.00 bits per heavy atom. The molecule has 3 aromatic rings. The molecule has 2 heterocycles. The van der Waals surface area contributed by atoms with Crippen molar-refractivity contribution in [3.63, 3.8) is 0 Å². The van der Waals surface area contributed by atoms with Gasteiger partial charge in [-0.3, -0.25) is 4.79 Å². The van der Waals surface area contributed by atoms with Gasteiger partial charge in [-0.15, -0.1) is 0 Å². The van der Waals surface area contributed by atoms with Crippen molar-refractivity contribution in [2.24, 2.45) is 0 Å². The number of nitrogens with one attached hydrogen (secondary N) is 1. The highest BCUT2D eigenvalue weighted by molar-refractivity contribution is 5.92. The Morgan fingerprint density at radius 3 is 2.79 bits per heavy atom. The van der Waals surface area contributed by atoms with E-state index in [0.29, 0.717) is 12.8 Å². The molecule has 24 heavy (non-hydrogen) atoms. The quantitative estimate of drug-likeness (QED) is 0.769. The Hall–Kier alpha value is -2.62. The lowest BCUT2D eigenvalue weighted by Gasteiger charge is -2.13. The van der Waals surface area contributed by atoms with Gasteiger partial charge in [-0.25, -0.2) is 4.98 Å². The first kappa shape index (κ1) is 16.2. The lowest BCUT2D eigenvalue weighted by atomic mass is 10.1. The summed E-state index contributed by atoms with van der Waals surface area (Å²) in [5, 5.41) is 3.09. The summed E-state index contributed by atoms with van der Waals surface area (Å²) in [6, 6.07) is 12.1. The van der Waals surface area contributed by atoms with Gasteiger partial charge in [0.25, 0.3) is 0 Å². The first-order valence-electron chi connectivity index (χ1n) is 8.41. The van der Waals surface area contributed by atoms with Crippen molar-refractivity contribution in [1.82, 2.24) is 9.38 Å². The second-order valence-corrected chi connectivity index (χ2v) is 6.08. The average Bonchev–Trinajstić information content (AvgIpc) is 2.90. The zero-order chi connectivity index (χ0) is 17.1. The van der Waals surface area contributed by atoms with Crippen LogP contribution in [-0.2, 0) is 17.6 Å². The van der Waals surface area contributed by atoms with E-state index in [9.17, 15) is 4.79 Å². The van der Waals surface area contributed by atoms with Gasteiger partial charge >= 0.3 is 0 Å². The van der Waals surface area contributed by atoms with Gasteiger partial charge in [0.15, 0.2) is 0 Å². The number of aromatic nitrogens is 2. The summed E-state index contributed by atoms with van der Waals surface area (Å²) in [5.74, 6) is 0.0456. The van der Waals surface area contributed by atoms with Gasteiger partial charge in [0.2, 0.25) is 5.91 Å². The number of nitrogens with zero attached hydrogens (tertiary/aromatic N) is 2. The Labute approximate surface area is 142 Å². The van der Waals surface area contributed by atoms with E-state index in [1.54, 1.807) is 0 Å². The fraction of sp³-hybridized carbons (Fsp3) is 0.300. The van der Waals surface area contributed by atoms with Crippen LogP contribution in [0.15, 0.2) is 42.6 Å². The fourth-order valence-electron chi connectivity index (χ4n) is 3.10. The summed E-state index contributed by atoms with van der Waals surface area (Å²) in [7, 11) is 0. The molecule has 0 radical (unpaired) electrons. The zero-order valence-electron chi connectivity index (χ0n) is 14.5. The van der Waals surface area contributed by atoms with Crippen LogP contribution >= 0.6 is 0 Å². The third-order valence-corrected chi connectivity index (χ3v) is 4.42. The summed E-state index contributed by atoms with van der Waals surface area (Å²) >= 11 is 0. The number of pyridine rings is 1. The SMILES string of the molecule is CCc1cccc(C)c1NC(=O)CCc1c(C)nc2ccccn12. The minimum atomic E-state index is 0.0456. The van der Waals surface area contributed by atoms with Crippen LogP contribution in [0, 0.1) is 13.8 Å². The Bertz CT molecular complexity index is 880. The van der Waals surface area contributed by atoms with Gasteiger partial charge in [0, 0.05) is 24.0 Å². The molecule has 0 aliphatic carbocycles. The molecule has 0 spiro atoms. The van der Waals surface area contributed by atoms with E-state index >= 15 is 0 Å². The van der Waals surface area contributed by atoms with E-state index in [-0.39, 0.29) is 5.91 Å².